The third-order valence-electron chi connectivity index (χ3n) is 2.44. The number of methoxy groups -OCH3 is 1. The van der Waals surface area contributed by atoms with Crippen LogP contribution in [0.1, 0.15) is 6.42 Å². The lowest BCUT2D eigenvalue weighted by Gasteiger charge is -2.31. The van der Waals surface area contributed by atoms with E-state index >= 15 is 0 Å². The van der Waals surface area contributed by atoms with Crippen LogP contribution in [-0.4, -0.2) is 62.3 Å². The monoisotopic (exact) mass is 296 g/mol. The number of ether oxygens (including phenoxy) is 2. The molecule has 0 radical (unpaired) electrons. The van der Waals surface area contributed by atoms with E-state index in [2.05, 4.69) is 17.0 Å². The number of esters is 1. The molecule has 0 spiro atoms. The Labute approximate surface area is 111 Å². The van der Waals surface area contributed by atoms with Crippen molar-refractivity contribution in [3.8, 4) is 0 Å². The summed E-state index contributed by atoms with van der Waals surface area (Å²) in [6, 6.07) is 0. The van der Waals surface area contributed by atoms with Crippen molar-refractivity contribution in [3.63, 3.8) is 0 Å². The van der Waals surface area contributed by atoms with Crippen LogP contribution in [0.3, 0.4) is 0 Å². The first kappa shape index (κ1) is 15.3. The van der Waals surface area contributed by atoms with Gasteiger partial charge in [-0.25, -0.2) is 8.42 Å². The maximum absolute atomic E-state index is 11.9. The SMILES string of the molecule is COC(=O)CC1CN(S(=O)(=O)CC(N)=S)CCO1. The van der Waals surface area contributed by atoms with Crippen LogP contribution in [0.2, 0.25) is 0 Å². The predicted octanol–water partition coefficient (Wildman–Crippen LogP) is -1.13. The van der Waals surface area contributed by atoms with E-state index < -0.39 is 22.1 Å². The number of hydrogen-bond donors (Lipinski definition) is 1. The normalized spacial score (nSPS) is 21.5. The van der Waals surface area contributed by atoms with E-state index in [0.717, 1.165) is 0 Å². The first-order valence-electron chi connectivity index (χ1n) is 5.29. The Morgan fingerprint density at radius 1 is 1.61 bits per heavy atom. The van der Waals surface area contributed by atoms with Gasteiger partial charge in [0, 0.05) is 13.1 Å². The Morgan fingerprint density at radius 3 is 2.83 bits per heavy atom. The number of carbonyl (C=O) groups is 1. The van der Waals surface area contributed by atoms with Crippen molar-refractivity contribution < 1.29 is 22.7 Å². The summed E-state index contributed by atoms with van der Waals surface area (Å²) in [7, 11) is -2.25. The summed E-state index contributed by atoms with van der Waals surface area (Å²) in [5.74, 6) is -0.804. The van der Waals surface area contributed by atoms with Gasteiger partial charge in [0.25, 0.3) is 0 Å². The molecule has 18 heavy (non-hydrogen) atoms. The average Bonchev–Trinajstić information content (AvgIpc) is 2.27. The number of nitrogens with zero attached hydrogens (tertiary/aromatic N) is 1. The minimum absolute atomic E-state index is 0.0234. The van der Waals surface area contributed by atoms with Gasteiger partial charge in [-0.15, -0.1) is 0 Å². The van der Waals surface area contributed by atoms with E-state index in [1.807, 2.05) is 0 Å². The second-order valence-electron chi connectivity index (χ2n) is 3.85. The molecular formula is C9H16N2O5S2. The van der Waals surface area contributed by atoms with Crippen molar-refractivity contribution in [2.75, 3.05) is 32.6 Å². The minimum atomic E-state index is -3.52. The zero-order chi connectivity index (χ0) is 13.8. The van der Waals surface area contributed by atoms with Gasteiger partial charge in [0.1, 0.15) is 5.75 Å². The van der Waals surface area contributed by atoms with Crippen molar-refractivity contribution in [2.45, 2.75) is 12.5 Å². The first-order valence-corrected chi connectivity index (χ1v) is 7.31. The molecule has 0 bridgehead atoms. The van der Waals surface area contributed by atoms with Crippen LogP contribution in [0.15, 0.2) is 0 Å². The molecule has 1 unspecified atom stereocenters. The molecule has 0 aromatic carbocycles. The molecule has 104 valence electrons. The molecule has 1 rings (SSSR count). The van der Waals surface area contributed by atoms with Crippen molar-refractivity contribution in [2.24, 2.45) is 5.73 Å². The molecule has 0 aromatic rings. The van der Waals surface area contributed by atoms with Crippen LogP contribution >= 0.6 is 12.2 Å². The first-order chi connectivity index (χ1) is 8.35. The second-order valence-corrected chi connectivity index (χ2v) is 6.35. The van der Waals surface area contributed by atoms with Gasteiger partial charge in [-0.05, 0) is 0 Å². The van der Waals surface area contributed by atoms with Gasteiger partial charge in [-0.2, -0.15) is 4.31 Å². The highest BCUT2D eigenvalue weighted by atomic mass is 32.2. The summed E-state index contributed by atoms with van der Waals surface area (Å²) in [6.07, 6.45) is -0.470. The Bertz CT molecular complexity index is 423. The molecule has 1 atom stereocenters. The Hall–Kier alpha value is -0.770. The Kier molecular flexibility index (Phi) is 5.45. The van der Waals surface area contributed by atoms with Gasteiger partial charge in [0.2, 0.25) is 10.0 Å². The van der Waals surface area contributed by atoms with E-state index in [1.165, 1.54) is 11.4 Å². The number of hydrogen-bond acceptors (Lipinski definition) is 6. The standard InChI is InChI=1S/C9H16N2O5S2/c1-15-9(12)4-7-5-11(2-3-16-7)18(13,14)6-8(10)17/h7H,2-6H2,1H3,(H2,10,17). The summed E-state index contributed by atoms with van der Waals surface area (Å²) >= 11 is 4.60. The van der Waals surface area contributed by atoms with Crippen LogP contribution in [0.25, 0.3) is 0 Å². The van der Waals surface area contributed by atoms with Crippen molar-refractivity contribution in [3.05, 3.63) is 0 Å². The van der Waals surface area contributed by atoms with Crippen LogP contribution in [-0.2, 0) is 24.3 Å². The molecule has 9 heteroatoms. The molecule has 0 aliphatic carbocycles. The second kappa shape index (κ2) is 6.41. The quantitative estimate of drug-likeness (QED) is 0.506. The van der Waals surface area contributed by atoms with E-state index in [1.54, 1.807) is 0 Å². The predicted molar refractivity (Wildman–Crippen MR) is 68.5 cm³/mol. The van der Waals surface area contributed by atoms with Crippen LogP contribution in [0.4, 0.5) is 0 Å². The highest BCUT2D eigenvalue weighted by molar-refractivity contribution is 7.92. The summed E-state index contributed by atoms with van der Waals surface area (Å²) in [4.78, 5) is 11.0. The Morgan fingerprint density at radius 2 is 2.28 bits per heavy atom. The lowest BCUT2D eigenvalue weighted by atomic mass is 10.2. The maximum Gasteiger partial charge on any atom is 0.308 e. The van der Waals surface area contributed by atoms with E-state index in [0.29, 0.717) is 0 Å². The molecule has 1 heterocycles. The lowest BCUT2D eigenvalue weighted by Crippen LogP contribution is -2.48. The van der Waals surface area contributed by atoms with Crippen molar-refractivity contribution in [1.82, 2.24) is 4.31 Å². The number of nitrogens with two attached hydrogens (primary N) is 1. The summed E-state index contributed by atoms with van der Waals surface area (Å²) in [5, 5.41) is 0. The number of morpholine rings is 1. The number of thiocarbonyl (C=S) groups is 1. The number of carbonyl (C=O) groups excluding carboxylic acids is 1. The number of sulfonamides is 1. The van der Waals surface area contributed by atoms with Crippen molar-refractivity contribution >= 4 is 33.2 Å². The zero-order valence-corrected chi connectivity index (χ0v) is 11.6. The Balaban J connectivity index is 2.63. The van der Waals surface area contributed by atoms with E-state index in [-0.39, 0.29) is 36.9 Å². The molecule has 2 N–H and O–H groups in total. The van der Waals surface area contributed by atoms with Crippen molar-refractivity contribution in [1.29, 1.82) is 0 Å². The maximum atomic E-state index is 11.9. The minimum Gasteiger partial charge on any atom is -0.469 e. The van der Waals surface area contributed by atoms with E-state index in [4.69, 9.17) is 10.5 Å². The van der Waals surface area contributed by atoms with Gasteiger partial charge in [0.15, 0.2) is 0 Å². The molecule has 7 nitrogen and oxygen atoms in total. The average molecular weight is 296 g/mol. The lowest BCUT2D eigenvalue weighted by molar-refractivity contribution is -0.145. The smallest absolute Gasteiger partial charge is 0.308 e. The highest BCUT2D eigenvalue weighted by Gasteiger charge is 2.31. The van der Waals surface area contributed by atoms with Crippen LogP contribution in [0, 0.1) is 0 Å². The molecular weight excluding hydrogens is 280 g/mol. The molecule has 1 aliphatic heterocycles. The molecule has 0 amide bonds. The van der Waals surface area contributed by atoms with Gasteiger partial charge in [-0.1, -0.05) is 12.2 Å². The van der Waals surface area contributed by atoms with Crippen LogP contribution in [0.5, 0.6) is 0 Å². The summed E-state index contributed by atoms with van der Waals surface area (Å²) < 4.78 is 34.8. The summed E-state index contributed by atoms with van der Waals surface area (Å²) in [5.41, 5.74) is 5.24. The molecule has 0 aromatic heterocycles. The molecule has 0 saturated carbocycles. The summed E-state index contributed by atoms with van der Waals surface area (Å²) in [6.45, 7) is 0.584. The molecule has 1 aliphatic rings. The zero-order valence-electron chi connectivity index (χ0n) is 10.00. The van der Waals surface area contributed by atoms with Gasteiger partial charge >= 0.3 is 5.97 Å². The third-order valence-corrected chi connectivity index (χ3v) is 4.56. The fourth-order valence-electron chi connectivity index (χ4n) is 1.61. The fourth-order valence-corrected chi connectivity index (χ4v) is 3.34. The highest BCUT2D eigenvalue weighted by Crippen LogP contribution is 2.13. The van der Waals surface area contributed by atoms with Gasteiger partial charge < -0.3 is 15.2 Å². The van der Waals surface area contributed by atoms with Gasteiger partial charge in [-0.3, -0.25) is 4.79 Å². The number of rotatable bonds is 5. The van der Waals surface area contributed by atoms with Crippen LogP contribution < -0.4 is 5.73 Å². The topological polar surface area (TPSA) is 98.9 Å². The van der Waals surface area contributed by atoms with Gasteiger partial charge in [0.05, 0.1) is 31.2 Å². The molecule has 1 fully saturated rings. The fraction of sp³-hybridized carbons (Fsp3) is 0.778. The molecule has 1 saturated heterocycles. The van der Waals surface area contributed by atoms with E-state index in [9.17, 15) is 13.2 Å². The largest absolute Gasteiger partial charge is 0.469 e. The third kappa shape index (κ3) is 4.48.